The quantitative estimate of drug-likeness (QED) is 0.258. The highest BCUT2D eigenvalue weighted by molar-refractivity contribution is 5.98. The molecule has 0 radical (unpaired) electrons. The van der Waals surface area contributed by atoms with E-state index in [0.29, 0.717) is 13.1 Å². The van der Waals surface area contributed by atoms with Gasteiger partial charge < -0.3 is 21.2 Å². The van der Waals surface area contributed by atoms with E-state index >= 15 is 0 Å². The number of hydrogen-bond donors (Lipinski definition) is 3. The maximum Gasteiger partial charge on any atom is 0.230 e. The zero-order chi connectivity index (χ0) is 12.8. The zero-order valence-electron chi connectivity index (χ0n) is 9.85. The Morgan fingerprint density at radius 1 is 1.59 bits per heavy atom. The standard InChI is InChI=1S/C10H18N4O3/c1-12-10(16)7-3-2-4-14(6-7)9(15)5-8(11)13-17/h7,17H,2-6H2,1H3,(H2,11,13)(H,12,16). The van der Waals surface area contributed by atoms with Gasteiger partial charge in [0.1, 0.15) is 5.84 Å². The van der Waals surface area contributed by atoms with Crippen LogP contribution in [0.5, 0.6) is 0 Å². The lowest BCUT2D eigenvalue weighted by Crippen LogP contribution is -2.45. The molecule has 0 saturated carbocycles. The molecule has 1 atom stereocenters. The summed E-state index contributed by atoms with van der Waals surface area (Å²) >= 11 is 0. The van der Waals surface area contributed by atoms with Crippen molar-refractivity contribution in [3.63, 3.8) is 0 Å². The van der Waals surface area contributed by atoms with E-state index in [0.717, 1.165) is 12.8 Å². The smallest absolute Gasteiger partial charge is 0.230 e. The first-order chi connectivity index (χ1) is 8.08. The lowest BCUT2D eigenvalue weighted by Gasteiger charge is -2.31. The summed E-state index contributed by atoms with van der Waals surface area (Å²) in [4.78, 5) is 24.8. The lowest BCUT2D eigenvalue weighted by molar-refractivity contribution is -0.134. The number of rotatable bonds is 3. The van der Waals surface area contributed by atoms with Crippen molar-refractivity contribution in [2.75, 3.05) is 20.1 Å². The monoisotopic (exact) mass is 242 g/mol. The van der Waals surface area contributed by atoms with Gasteiger partial charge in [-0.15, -0.1) is 0 Å². The molecule has 0 bridgehead atoms. The highest BCUT2D eigenvalue weighted by Gasteiger charge is 2.27. The Morgan fingerprint density at radius 2 is 2.29 bits per heavy atom. The van der Waals surface area contributed by atoms with E-state index in [4.69, 9.17) is 10.9 Å². The summed E-state index contributed by atoms with van der Waals surface area (Å²) in [5.41, 5.74) is 5.27. The van der Waals surface area contributed by atoms with E-state index in [-0.39, 0.29) is 30.0 Å². The van der Waals surface area contributed by atoms with E-state index in [9.17, 15) is 9.59 Å². The SMILES string of the molecule is CNC(=O)C1CCCN(C(=O)CC(N)=NO)C1. The molecule has 1 aliphatic heterocycles. The molecular formula is C10H18N4O3. The number of likely N-dealkylation sites (tertiary alicyclic amines) is 1. The van der Waals surface area contributed by atoms with Gasteiger partial charge in [0, 0.05) is 20.1 Å². The van der Waals surface area contributed by atoms with Gasteiger partial charge >= 0.3 is 0 Å². The fraction of sp³-hybridized carbons (Fsp3) is 0.700. The molecule has 0 aromatic carbocycles. The summed E-state index contributed by atoms with van der Waals surface area (Å²) in [6, 6.07) is 0. The first kappa shape index (κ1) is 13.3. The predicted octanol–water partition coefficient (Wildman–Crippen LogP) is -0.892. The van der Waals surface area contributed by atoms with E-state index < -0.39 is 0 Å². The van der Waals surface area contributed by atoms with Crippen molar-refractivity contribution in [1.29, 1.82) is 0 Å². The number of carbonyl (C=O) groups excluding carboxylic acids is 2. The first-order valence-corrected chi connectivity index (χ1v) is 5.54. The van der Waals surface area contributed by atoms with Crippen molar-refractivity contribution in [3.05, 3.63) is 0 Å². The van der Waals surface area contributed by atoms with Gasteiger partial charge in [0.15, 0.2) is 0 Å². The Hall–Kier alpha value is -1.79. The molecule has 1 aliphatic rings. The van der Waals surface area contributed by atoms with Gasteiger partial charge in [-0.05, 0) is 12.8 Å². The van der Waals surface area contributed by atoms with E-state index in [1.165, 1.54) is 0 Å². The fourth-order valence-corrected chi connectivity index (χ4v) is 1.92. The normalized spacial score (nSPS) is 21.1. The van der Waals surface area contributed by atoms with Crippen LogP contribution in [0, 0.1) is 5.92 Å². The Kier molecular flexibility index (Phi) is 4.74. The highest BCUT2D eigenvalue weighted by Crippen LogP contribution is 2.17. The van der Waals surface area contributed by atoms with Crippen LogP contribution < -0.4 is 11.1 Å². The summed E-state index contributed by atoms with van der Waals surface area (Å²) in [5.74, 6) is -0.540. The zero-order valence-corrected chi connectivity index (χ0v) is 9.85. The van der Waals surface area contributed by atoms with Gasteiger partial charge in [-0.3, -0.25) is 9.59 Å². The average Bonchev–Trinajstić information content (AvgIpc) is 2.37. The molecule has 2 amide bonds. The third-order valence-corrected chi connectivity index (χ3v) is 2.85. The van der Waals surface area contributed by atoms with Gasteiger partial charge in [-0.1, -0.05) is 5.16 Å². The molecule has 7 heteroatoms. The number of piperidine rings is 1. The lowest BCUT2D eigenvalue weighted by atomic mass is 9.97. The summed E-state index contributed by atoms with van der Waals surface area (Å²) in [6.07, 6.45) is 1.46. The van der Waals surface area contributed by atoms with Crippen LogP contribution in [0.25, 0.3) is 0 Å². The molecular weight excluding hydrogens is 224 g/mol. The van der Waals surface area contributed by atoms with Crippen LogP contribution in [0.2, 0.25) is 0 Å². The van der Waals surface area contributed by atoms with Crippen molar-refractivity contribution < 1.29 is 14.8 Å². The number of amides is 2. The van der Waals surface area contributed by atoms with E-state index in [2.05, 4.69) is 10.5 Å². The number of carbonyl (C=O) groups is 2. The van der Waals surface area contributed by atoms with Crippen LogP contribution in [0.3, 0.4) is 0 Å². The molecule has 1 unspecified atom stereocenters. The minimum absolute atomic E-state index is 0.0497. The summed E-state index contributed by atoms with van der Waals surface area (Å²) in [5, 5.41) is 13.7. The Morgan fingerprint density at radius 3 is 2.88 bits per heavy atom. The molecule has 4 N–H and O–H groups in total. The van der Waals surface area contributed by atoms with Crippen LogP contribution in [0.1, 0.15) is 19.3 Å². The van der Waals surface area contributed by atoms with Crippen molar-refractivity contribution in [1.82, 2.24) is 10.2 Å². The van der Waals surface area contributed by atoms with Crippen LogP contribution in [0.15, 0.2) is 5.16 Å². The number of amidine groups is 1. The number of nitrogens with two attached hydrogens (primary N) is 1. The highest BCUT2D eigenvalue weighted by atomic mass is 16.4. The maximum absolute atomic E-state index is 11.7. The Bertz CT molecular complexity index is 330. The fourth-order valence-electron chi connectivity index (χ4n) is 1.92. The number of nitrogens with zero attached hydrogens (tertiary/aromatic N) is 2. The molecule has 0 aromatic heterocycles. The number of oxime groups is 1. The van der Waals surface area contributed by atoms with Crippen molar-refractivity contribution in [2.24, 2.45) is 16.8 Å². The van der Waals surface area contributed by atoms with Gasteiger partial charge in [0.25, 0.3) is 0 Å². The van der Waals surface area contributed by atoms with Crippen LogP contribution in [-0.2, 0) is 9.59 Å². The number of hydrogen-bond acceptors (Lipinski definition) is 4. The number of nitrogens with one attached hydrogen (secondary N) is 1. The Balaban J connectivity index is 2.54. The second-order valence-electron chi connectivity index (χ2n) is 4.06. The predicted molar refractivity (Wildman–Crippen MR) is 61.4 cm³/mol. The minimum atomic E-state index is -0.214. The molecule has 17 heavy (non-hydrogen) atoms. The molecule has 0 spiro atoms. The second kappa shape index (κ2) is 6.07. The van der Waals surface area contributed by atoms with Gasteiger partial charge in [-0.25, -0.2) is 0 Å². The molecule has 7 nitrogen and oxygen atoms in total. The van der Waals surface area contributed by atoms with Crippen LogP contribution in [-0.4, -0.2) is 47.9 Å². The summed E-state index contributed by atoms with van der Waals surface area (Å²) in [7, 11) is 1.58. The van der Waals surface area contributed by atoms with Gasteiger partial charge in [0.05, 0.1) is 12.3 Å². The first-order valence-electron chi connectivity index (χ1n) is 5.54. The van der Waals surface area contributed by atoms with Crippen LogP contribution in [0.4, 0.5) is 0 Å². The molecule has 1 heterocycles. The van der Waals surface area contributed by atoms with Crippen molar-refractivity contribution in [2.45, 2.75) is 19.3 Å². The van der Waals surface area contributed by atoms with E-state index in [1.54, 1.807) is 11.9 Å². The maximum atomic E-state index is 11.7. The molecule has 1 rings (SSSR count). The summed E-state index contributed by atoms with van der Waals surface area (Å²) < 4.78 is 0. The summed E-state index contributed by atoms with van der Waals surface area (Å²) in [6.45, 7) is 1.02. The largest absolute Gasteiger partial charge is 0.409 e. The van der Waals surface area contributed by atoms with Crippen LogP contribution >= 0.6 is 0 Å². The van der Waals surface area contributed by atoms with Gasteiger partial charge in [-0.2, -0.15) is 0 Å². The average molecular weight is 242 g/mol. The molecule has 96 valence electrons. The molecule has 0 aliphatic carbocycles. The third kappa shape index (κ3) is 3.61. The van der Waals surface area contributed by atoms with Gasteiger partial charge in [0.2, 0.25) is 11.8 Å². The molecule has 1 saturated heterocycles. The van der Waals surface area contributed by atoms with Crippen molar-refractivity contribution in [3.8, 4) is 0 Å². The second-order valence-corrected chi connectivity index (χ2v) is 4.06. The topological polar surface area (TPSA) is 108 Å². The van der Waals surface area contributed by atoms with E-state index in [1.807, 2.05) is 0 Å². The molecule has 1 fully saturated rings. The minimum Gasteiger partial charge on any atom is -0.409 e. The Labute approximate surface area is 99.6 Å². The van der Waals surface area contributed by atoms with Crippen molar-refractivity contribution >= 4 is 17.6 Å². The third-order valence-electron chi connectivity index (χ3n) is 2.85. The molecule has 0 aromatic rings.